The molecule has 1 aliphatic carbocycles. The van der Waals surface area contributed by atoms with Gasteiger partial charge in [0.2, 0.25) is 0 Å². The normalized spacial score (nSPS) is 14.2. The van der Waals surface area contributed by atoms with Crippen LogP contribution in [0.3, 0.4) is 0 Å². The third-order valence-electron chi connectivity index (χ3n) is 4.01. The van der Waals surface area contributed by atoms with E-state index in [1.807, 2.05) is 30.3 Å². The fourth-order valence-electron chi connectivity index (χ4n) is 2.72. The fourth-order valence-corrected chi connectivity index (χ4v) is 2.72. The van der Waals surface area contributed by atoms with Gasteiger partial charge in [-0.25, -0.2) is 0 Å². The van der Waals surface area contributed by atoms with Crippen LogP contribution in [0.25, 0.3) is 0 Å². The maximum atomic E-state index is 5.92. The van der Waals surface area contributed by atoms with Crippen LogP contribution in [-0.2, 0) is 6.42 Å². The molecule has 0 radical (unpaired) electrons. The molecule has 0 atom stereocenters. The molecule has 3 rings (SSSR count). The molecule has 0 aromatic heterocycles. The van der Waals surface area contributed by atoms with E-state index in [0.29, 0.717) is 6.61 Å². The molecule has 0 spiro atoms. The van der Waals surface area contributed by atoms with Crippen LogP contribution in [0, 0.1) is 6.92 Å². The number of aryl methyl sites for hydroxylation is 1. The second kappa shape index (κ2) is 7.13. The topological polar surface area (TPSA) is 9.23 Å². The van der Waals surface area contributed by atoms with Gasteiger partial charge in [-0.15, -0.1) is 0 Å². The highest BCUT2D eigenvalue weighted by atomic mass is 16.5. The first kappa shape index (κ1) is 14.6. The zero-order valence-electron chi connectivity index (χ0n) is 13.1. The molecule has 0 fully saturated rings. The lowest BCUT2D eigenvalue weighted by molar-refractivity contribution is 0.352. The molecule has 0 heterocycles. The first-order chi connectivity index (χ1) is 10.8. The fraction of sp³-hybridized carbons (Fsp3) is 0.238. The SMILES string of the molecule is Cc1ccc(CC2=CCCC=C2COc2ccccc2)cc1. The van der Waals surface area contributed by atoms with Gasteiger partial charge in [-0.05, 0) is 55.0 Å². The number of ether oxygens (including phenoxy) is 1. The summed E-state index contributed by atoms with van der Waals surface area (Å²) in [7, 11) is 0. The third kappa shape index (κ3) is 3.88. The lowest BCUT2D eigenvalue weighted by atomic mass is 9.92. The van der Waals surface area contributed by atoms with Gasteiger partial charge in [-0.1, -0.05) is 60.2 Å². The minimum atomic E-state index is 0.654. The predicted molar refractivity (Wildman–Crippen MR) is 92.2 cm³/mol. The van der Waals surface area contributed by atoms with Crippen LogP contribution in [0.15, 0.2) is 77.9 Å². The summed E-state index contributed by atoms with van der Waals surface area (Å²) in [5.74, 6) is 0.934. The van der Waals surface area contributed by atoms with Crippen molar-refractivity contribution in [1.82, 2.24) is 0 Å². The van der Waals surface area contributed by atoms with E-state index in [1.54, 1.807) is 0 Å². The Kier molecular flexibility index (Phi) is 4.75. The van der Waals surface area contributed by atoms with Crippen LogP contribution in [0.1, 0.15) is 24.0 Å². The molecule has 0 bridgehead atoms. The Hall–Kier alpha value is -2.28. The monoisotopic (exact) mass is 290 g/mol. The summed E-state index contributed by atoms with van der Waals surface area (Å²) in [5, 5.41) is 0. The molecule has 0 aliphatic heterocycles. The summed E-state index contributed by atoms with van der Waals surface area (Å²) < 4.78 is 5.92. The molecule has 1 nitrogen and oxygen atoms in total. The zero-order valence-corrected chi connectivity index (χ0v) is 13.1. The van der Waals surface area contributed by atoms with Crippen molar-refractivity contribution in [2.24, 2.45) is 0 Å². The van der Waals surface area contributed by atoms with Gasteiger partial charge in [0.05, 0.1) is 0 Å². The molecule has 2 aromatic carbocycles. The summed E-state index contributed by atoms with van der Waals surface area (Å²) >= 11 is 0. The molecule has 0 amide bonds. The average molecular weight is 290 g/mol. The van der Waals surface area contributed by atoms with Gasteiger partial charge in [-0.3, -0.25) is 0 Å². The van der Waals surface area contributed by atoms with Crippen molar-refractivity contribution in [1.29, 1.82) is 0 Å². The first-order valence-electron chi connectivity index (χ1n) is 7.93. The van der Waals surface area contributed by atoms with Crippen molar-refractivity contribution < 1.29 is 4.74 Å². The van der Waals surface area contributed by atoms with Crippen LogP contribution in [0.4, 0.5) is 0 Å². The van der Waals surface area contributed by atoms with Crippen molar-refractivity contribution in [3.8, 4) is 5.75 Å². The molecule has 22 heavy (non-hydrogen) atoms. The highest BCUT2D eigenvalue weighted by Crippen LogP contribution is 2.24. The molecule has 2 aromatic rings. The number of allylic oxidation sites excluding steroid dienone is 2. The quantitative estimate of drug-likeness (QED) is 0.729. The molecule has 0 saturated heterocycles. The van der Waals surface area contributed by atoms with E-state index in [0.717, 1.165) is 25.0 Å². The molecule has 0 N–H and O–H groups in total. The van der Waals surface area contributed by atoms with E-state index in [-0.39, 0.29) is 0 Å². The van der Waals surface area contributed by atoms with Gasteiger partial charge in [-0.2, -0.15) is 0 Å². The lowest BCUT2D eigenvalue weighted by Crippen LogP contribution is -2.08. The Morgan fingerprint density at radius 1 is 0.818 bits per heavy atom. The van der Waals surface area contributed by atoms with Gasteiger partial charge in [0, 0.05) is 0 Å². The van der Waals surface area contributed by atoms with Gasteiger partial charge in [0.1, 0.15) is 12.4 Å². The molecule has 0 saturated carbocycles. The van der Waals surface area contributed by atoms with Crippen molar-refractivity contribution in [3.63, 3.8) is 0 Å². The van der Waals surface area contributed by atoms with Crippen molar-refractivity contribution in [2.45, 2.75) is 26.2 Å². The summed E-state index contributed by atoms with van der Waals surface area (Å²) in [4.78, 5) is 0. The van der Waals surface area contributed by atoms with E-state index in [4.69, 9.17) is 4.74 Å². The Balaban J connectivity index is 1.66. The summed E-state index contributed by atoms with van der Waals surface area (Å²) in [5.41, 5.74) is 5.41. The van der Waals surface area contributed by atoms with E-state index in [9.17, 15) is 0 Å². The number of hydrogen-bond acceptors (Lipinski definition) is 1. The van der Waals surface area contributed by atoms with Crippen LogP contribution < -0.4 is 4.74 Å². The standard InChI is InChI=1S/C21H22O/c1-17-11-13-18(14-12-17)15-19-7-5-6-8-20(19)16-22-21-9-3-2-4-10-21/h2-4,7-14H,5-6,15-16H2,1H3. The van der Waals surface area contributed by atoms with Crippen molar-refractivity contribution in [3.05, 3.63) is 89.0 Å². The number of para-hydroxylation sites is 1. The minimum Gasteiger partial charge on any atom is -0.489 e. The molecular formula is C21H22O. The van der Waals surface area contributed by atoms with Crippen LogP contribution in [0.2, 0.25) is 0 Å². The second-order valence-corrected chi connectivity index (χ2v) is 5.80. The highest BCUT2D eigenvalue weighted by molar-refractivity contribution is 5.39. The number of rotatable bonds is 5. The largest absolute Gasteiger partial charge is 0.489 e. The zero-order chi connectivity index (χ0) is 15.2. The first-order valence-corrected chi connectivity index (χ1v) is 7.93. The van der Waals surface area contributed by atoms with E-state index >= 15 is 0 Å². The molecular weight excluding hydrogens is 268 g/mol. The Morgan fingerprint density at radius 2 is 1.50 bits per heavy atom. The van der Waals surface area contributed by atoms with Gasteiger partial charge >= 0.3 is 0 Å². The Morgan fingerprint density at radius 3 is 2.23 bits per heavy atom. The van der Waals surface area contributed by atoms with E-state index in [2.05, 4.69) is 43.3 Å². The van der Waals surface area contributed by atoms with Gasteiger partial charge in [0.15, 0.2) is 0 Å². The summed E-state index contributed by atoms with van der Waals surface area (Å²) in [6, 6.07) is 18.8. The number of benzene rings is 2. The molecule has 1 aliphatic rings. The van der Waals surface area contributed by atoms with Crippen molar-refractivity contribution >= 4 is 0 Å². The molecule has 1 heteroatoms. The minimum absolute atomic E-state index is 0.654. The summed E-state index contributed by atoms with van der Waals surface area (Å²) in [6.07, 6.45) is 7.93. The predicted octanol–water partition coefficient (Wildman–Crippen LogP) is 5.26. The van der Waals surface area contributed by atoms with E-state index in [1.165, 1.54) is 22.3 Å². The van der Waals surface area contributed by atoms with Gasteiger partial charge < -0.3 is 4.74 Å². The van der Waals surface area contributed by atoms with Gasteiger partial charge in [0.25, 0.3) is 0 Å². The highest BCUT2D eigenvalue weighted by Gasteiger charge is 2.10. The van der Waals surface area contributed by atoms with Crippen LogP contribution in [-0.4, -0.2) is 6.61 Å². The maximum absolute atomic E-state index is 5.92. The van der Waals surface area contributed by atoms with Crippen LogP contribution >= 0.6 is 0 Å². The maximum Gasteiger partial charge on any atom is 0.119 e. The Labute approximate surface area is 133 Å². The van der Waals surface area contributed by atoms with E-state index < -0.39 is 0 Å². The lowest BCUT2D eigenvalue weighted by Gasteiger charge is -2.17. The van der Waals surface area contributed by atoms with Crippen LogP contribution in [0.5, 0.6) is 5.75 Å². The Bertz CT molecular complexity index is 663. The van der Waals surface area contributed by atoms with Crippen molar-refractivity contribution in [2.75, 3.05) is 6.61 Å². The molecule has 112 valence electrons. The average Bonchev–Trinajstić information content (AvgIpc) is 2.57. The second-order valence-electron chi connectivity index (χ2n) is 5.80. The molecule has 0 unspecified atom stereocenters. The summed E-state index contributed by atoms with van der Waals surface area (Å²) in [6.45, 7) is 2.78. The number of hydrogen-bond donors (Lipinski definition) is 0. The third-order valence-corrected chi connectivity index (χ3v) is 4.01. The smallest absolute Gasteiger partial charge is 0.119 e.